The summed E-state index contributed by atoms with van der Waals surface area (Å²) in [5.74, 6) is 1.61. The van der Waals surface area contributed by atoms with Gasteiger partial charge in [-0.3, -0.25) is 4.68 Å². The number of aromatic nitrogens is 3. The molecule has 21 heavy (non-hydrogen) atoms. The average molecular weight is 293 g/mol. The van der Waals surface area contributed by atoms with Gasteiger partial charge < -0.3 is 19.3 Å². The van der Waals surface area contributed by atoms with E-state index >= 15 is 0 Å². The first-order chi connectivity index (χ1) is 10.1. The third kappa shape index (κ3) is 3.25. The van der Waals surface area contributed by atoms with Crippen molar-refractivity contribution in [3.05, 3.63) is 29.6 Å². The quantitative estimate of drug-likeness (QED) is 0.860. The fourth-order valence-corrected chi connectivity index (χ4v) is 2.11. The highest BCUT2D eigenvalue weighted by molar-refractivity contribution is 5.51. The van der Waals surface area contributed by atoms with Crippen molar-refractivity contribution in [2.75, 3.05) is 21.3 Å². The van der Waals surface area contributed by atoms with Crippen LogP contribution in [0, 0.1) is 0 Å². The SMILES string of the molecule is COc1cc(OC)c(C(O)Cc2cn(C)nn2)cc1OC. The van der Waals surface area contributed by atoms with Crippen LogP contribution in [-0.4, -0.2) is 41.4 Å². The molecule has 0 saturated heterocycles. The molecule has 0 bridgehead atoms. The van der Waals surface area contributed by atoms with Gasteiger partial charge in [0, 0.05) is 31.3 Å². The van der Waals surface area contributed by atoms with E-state index in [2.05, 4.69) is 10.3 Å². The molecule has 1 atom stereocenters. The molecule has 0 spiro atoms. The van der Waals surface area contributed by atoms with Crippen LogP contribution < -0.4 is 14.2 Å². The van der Waals surface area contributed by atoms with Gasteiger partial charge in [-0.2, -0.15) is 0 Å². The highest BCUT2D eigenvalue weighted by Crippen LogP contribution is 2.38. The van der Waals surface area contributed by atoms with Crippen molar-refractivity contribution in [1.29, 1.82) is 0 Å². The Kier molecular flexibility index (Phi) is 4.64. The van der Waals surface area contributed by atoms with E-state index in [9.17, 15) is 5.11 Å². The summed E-state index contributed by atoms with van der Waals surface area (Å²) in [5, 5.41) is 18.2. The highest BCUT2D eigenvalue weighted by Gasteiger charge is 2.19. The molecule has 0 amide bonds. The first-order valence-electron chi connectivity index (χ1n) is 6.42. The Balaban J connectivity index is 2.32. The zero-order valence-electron chi connectivity index (χ0n) is 12.5. The number of rotatable bonds is 6. The summed E-state index contributed by atoms with van der Waals surface area (Å²) in [7, 11) is 6.41. The van der Waals surface area contributed by atoms with Crippen molar-refractivity contribution in [2.45, 2.75) is 12.5 Å². The molecule has 0 aliphatic carbocycles. The van der Waals surface area contributed by atoms with Crippen LogP contribution in [0.3, 0.4) is 0 Å². The van der Waals surface area contributed by atoms with Gasteiger partial charge in [0.1, 0.15) is 5.75 Å². The first-order valence-corrected chi connectivity index (χ1v) is 6.42. The second-order valence-electron chi connectivity index (χ2n) is 4.55. The summed E-state index contributed by atoms with van der Waals surface area (Å²) in [6.07, 6.45) is 1.31. The number of nitrogens with zero attached hydrogens (tertiary/aromatic N) is 3. The van der Waals surface area contributed by atoms with Gasteiger partial charge in [0.25, 0.3) is 0 Å². The van der Waals surface area contributed by atoms with E-state index in [0.29, 0.717) is 34.9 Å². The molecule has 7 nitrogen and oxygen atoms in total. The number of aliphatic hydroxyl groups excluding tert-OH is 1. The van der Waals surface area contributed by atoms with Crippen LogP contribution in [0.5, 0.6) is 17.2 Å². The molecule has 7 heteroatoms. The van der Waals surface area contributed by atoms with Gasteiger partial charge >= 0.3 is 0 Å². The van der Waals surface area contributed by atoms with Crippen LogP contribution in [0.25, 0.3) is 0 Å². The number of ether oxygens (including phenoxy) is 3. The summed E-state index contributed by atoms with van der Waals surface area (Å²) in [6.45, 7) is 0. The number of hydrogen-bond donors (Lipinski definition) is 1. The number of aliphatic hydroxyl groups is 1. The van der Waals surface area contributed by atoms with E-state index in [4.69, 9.17) is 14.2 Å². The molecule has 0 radical (unpaired) electrons. The topological polar surface area (TPSA) is 78.6 Å². The maximum Gasteiger partial charge on any atom is 0.164 e. The van der Waals surface area contributed by atoms with Crippen molar-refractivity contribution in [3.63, 3.8) is 0 Å². The lowest BCUT2D eigenvalue weighted by Crippen LogP contribution is -2.06. The molecule has 0 aliphatic rings. The number of hydrogen-bond acceptors (Lipinski definition) is 6. The summed E-state index contributed by atoms with van der Waals surface area (Å²) < 4.78 is 17.4. The van der Waals surface area contributed by atoms with Crippen molar-refractivity contribution >= 4 is 0 Å². The summed E-state index contributed by atoms with van der Waals surface area (Å²) in [4.78, 5) is 0. The Morgan fingerprint density at radius 2 is 1.71 bits per heavy atom. The smallest absolute Gasteiger partial charge is 0.164 e. The minimum absolute atomic E-state index is 0.333. The Labute approximate surface area is 123 Å². The number of aryl methyl sites for hydroxylation is 1. The molecule has 0 saturated carbocycles. The Morgan fingerprint density at radius 3 is 2.24 bits per heavy atom. The predicted octanol–water partition coefficient (Wildman–Crippen LogP) is 1.12. The van der Waals surface area contributed by atoms with Gasteiger partial charge in [-0.25, -0.2) is 0 Å². The second-order valence-corrected chi connectivity index (χ2v) is 4.55. The van der Waals surface area contributed by atoms with Crippen molar-refractivity contribution < 1.29 is 19.3 Å². The third-order valence-corrected chi connectivity index (χ3v) is 3.15. The molecule has 114 valence electrons. The van der Waals surface area contributed by atoms with E-state index in [-0.39, 0.29) is 0 Å². The van der Waals surface area contributed by atoms with Crippen LogP contribution in [0.15, 0.2) is 18.3 Å². The minimum atomic E-state index is -0.781. The Morgan fingerprint density at radius 1 is 1.10 bits per heavy atom. The zero-order valence-corrected chi connectivity index (χ0v) is 12.5. The van der Waals surface area contributed by atoms with E-state index in [0.717, 1.165) is 0 Å². The van der Waals surface area contributed by atoms with Gasteiger partial charge in [0.15, 0.2) is 11.5 Å². The van der Waals surface area contributed by atoms with Gasteiger partial charge in [-0.15, -0.1) is 5.10 Å². The van der Waals surface area contributed by atoms with E-state index < -0.39 is 6.10 Å². The Bertz CT molecular complexity index is 612. The molecular weight excluding hydrogens is 274 g/mol. The lowest BCUT2D eigenvalue weighted by Gasteiger charge is -2.17. The fourth-order valence-electron chi connectivity index (χ4n) is 2.11. The molecule has 2 aromatic rings. The normalized spacial score (nSPS) is 12.0. The maximum atomic E-state index is 10.4. The lowest BCUT2D eigenvalue weighted by atomic mass is 10.0. The van der Waals surface area contributed by atoms with Crippen LogP contribution in [-0.2, 0) is 13.5 Å². The van der Waals surface area contributed by atoms with Gasteiger partial charge in [0.2, 0.25) is 0 Å². The van der Waals surface area contributed by atoms with Gasteiger partial charge in [-0.1, -0.05) is 5.21 Å². The largest absolute Gasteiger partial charge is 0.496 e. The summed E-state index contributed by atoms with van der Waals surface area (Å²) >= 11 is 0. The van der Waals surface area contributed by atoms with Crippen molar-refractivity contribution in [3.8, 4) is 17.2 Å². The number of methoxy groups -OCH3 is 3. The monoisotopic (exact) mass is 293 g/mol. The zero-order chi connectivity index (χ0) is 15.4. The van der Waals surface area contributed by atoms with Crippen molar-refractivity contribution in [2.24, 2.45) is 7.05 Å². The van der Waals surface area contributed by atoms with E-state index in [1.54, 1.807) is 51.4 Å². The molecule has 1 aromatic carbocycles. The maximum absolute atomic E-state index is 10.4. The third-order valence-electron chi connectivity index (χ3n) is 3.15. The molecular formula is C14H19N3O4. The average Bonchev–Trinajstić information content (AvgIpc) is 2.90. The molecule has 0 fully saturated rings. The molecule has 1 unspecified atom stereocenters. The fraction of sp³-hybridized carbons (Fsp3) is 0.429. The lowest BCUT2D eigenvalue weighted by molar-refractivity contribution is 0.172. The van der Waals surface area contributed by atoms with Gasteiger partial charge in [0.05, 0.1) is 33.1 Å². The predicted molar refractivity (Wildman–Crippen MR) is 75.8 cm³/mol. The summed E-state index contributed by atoms with van der Waals surface area (Å²) in [6, 6.07) is 3.40. The van der Waals surface area contributed by atoms with Crippen LogP contribution in [0.4, 0.5) is 0 Å². The minimum Gasteiger partial charge on any atom is -0.496 e. The van der Waals surface area contributed by atoms with Crippen LogP contribution >= 0.6 is 0 Å². The first kappa shape index (κ1) is 15.1. The van der Waals surface area contributed by atoms with Crippen molar-refractivity contribution in [1.82, 2.24) is 15.0 Å². The molecule has 1 heterocycles. The Hall–Kier alpha value is -2.28. The standard InChI is InChI=1S/C14H19N3O4/c1-17-8-9(15-16-17)5-11(18)10-6-13(20-3)14(21-4)7-12(10)19-2/h6-8,11,18H,5H2,1-4H3. The summed E-state index contributed by atoms with van der Waals surface area (Å²) in [5.41, 5.74) is 1.31. The van der Waals surface area contributed by atoms with Crippen LogP contribution in [0.2, 0.25) is 0 Å². The van der Waals surface area contributed by atoms with Gasteiger partial charge in [-0.05, 0) is 6.07 Å². The van der Waals surface area contributed by atoms with Crippen LogP contribution in [0.1, 0.15) is 17.4 Å². The van der Waals surface area contributed by atoms with E-state index in [1.165, 1.54) is 0 Å². The van der Waals surface area contributed by atoms with E-state index in [1.807, 2.05) is 0 Å². The molecule has 0 aliphatic heterocycles. The highest BCUT2D eigenvalue weighted by atomic mass is 16.5. The molecule has 2 rings (SSSR count). The number of benzene rings is 1. The molecule has 1 N–H and O–H groups in total. The molecule has 1 aromatic heterocycles. The second kappa shape index (κ2) is 6.45.